The van der Waals surface area contributed by atoms with Crippen molar-refractivity contribution >= 4 is 5.57 Å². The van der Waals surface area contributed by atoms with Crippen LogP contribution in [-0.2, 0) is 12.8 Å². The molecule has 0 unspecified atom stereocenters. The maximum absolute atomic E-state index is 4.46. The summed E-state index contributed by atoms with van der Waals surface area (Å²) in [5.41, 5.74) is 10.3. The molecule has 0 aliphatic carbocycles. The number of allylic oxidation sites excluding steroid dienone is 4. The molecule has 0 aromatic heterocycles. The van der Waals surface area contributed by atoms with E-state index in [2.05, 4.69) is 84.8 Å². The summed E-state index contributed by atoms with van der Waals surface area (Å²) in [5.74, 6) is 0.711. The minimum absolute atomic E-state index is 0.711. The lowest BCUT2D eigenvalue weighted by Gasteiger charge is -2.19. The molecule has 1 aromatic rings. The molecule has 1 heteroatoms. The fraction of sp³-hybridized carbons (Fsp3) is 0.548. The predicted octanol–water partition coefficient (Wildman–Crippen LogP) is 8.78. The molecule has 178 valence electrons. The first-order valence-corrected chi connectivity index (χ1v) is 12.7. The Kier molecular flexibility index (Phi) is 13.3. The molecule has 0 heterocycles. The zero-order valence-electron chi connectivity index (χ0n) is 22.0. The third-order valence-corrected chi connectivity index (χ3v) is 6.32. The van der Waals surface area contributed by atoms with Gasteiger partial charge in [0.15, 0.2) is 0 Å². The van der Waals surface area contributed by atoms with Crippen molar-refractivity contribution in [2.24, 2.45) is 5.92 Å². The van der Waals surface area contributed by atoms with E-state index < -0.39 is 0 Å². The van der Waals surface area contributed by atoms with Gasteiger partial charge in [-0.1, -0.05) is 76.3 Å². The Morgan fingerprint density at radius 1 is 1.03 bits per heavy atom. The number of nitrogens with one attached hydrogen (secondary N) is 1. The number of unbranched alkanes of at least 4 members (excludes halogenated alkanes) is 1. The smallest absolute Gasteiger partial charge is 0.00117 e. The lowest BCUT2D eigenvalue weighted by Crippen LogP contribution is -2.17. The number of hydrogen-bond donors (Lipinski definition) is 1. The average molecular weight is 436 g/mol. The summed E-state index contributed by atoms with van der Waals surface area (Å²) in [6, 6.07) is 4.81. The number of hydrogen-bond acceptors (Lipinski definition) is 1. The second-order valence-corrected chi connectivity index (χ2v) is 9.78. The highest BCUT2D eigenvalue weighted by molar-refractivity contribution is 5.83. The fourth-order valence-electron chi connectivity index (χ4n) is 4.18. The first-order chi connectivity index (χ1) is 15.2. The summed E-state index contributed by atoms with van der Waals surface area (Å²) in [6.45, 7) is 28.2. The summed E-state index contributed by atoms with van der Waals surface area (Å²) < 4.78 is 0. The Hall–Kier alpha value is -1.86. The highest BCUT2D eigenvalue weighted by Gasteiger charge is 2.14. The first kappa shape index (κ1) is 28.2. The normalized spacial score (nSPS) is 11.8. The van der Waals surface area contributed by atoms with E-state index in [9.17, 15) is 0 Å². The first-order valence-electron chi connectivity index (χ1n) is 12.7. The maximum Gasteiger partial charge on any atom is -0.00117 e. The minimum atomic E-state index is 0.711. The summed E-state index contributed by atoms with van der Waals surface area (Å²) in [6.07, 6.45) is 11.5. The molecule has 0 radical (unpaired) electrons. The van der Waals surface area contributed by atoms with Crippen LogP contribution >= 0.6 is 0 Å². The summed E-state index contributed by atoms with van der Waals surface area (Å²) in [7, 11) is 0. The van der Waals surface area contributed by atoms with Crippen LogP contribution in [0, 0.1) is 12.8 Å². The minimum Gasteiger partial charge on any atom is -0.316 e. The molecule has 0 fully saturated rings. The standard InChI is InChI=1S/C31H49N/c1-10-12-14-25(7)18-20-32-19-13-15-28-21-29(17-16-23(3)4)26(8)31(22-28)27(9)30(11-2)24(5)6/h11,21-23,32H,5,7,9-10,12-20H2,1-4,6,8H3/b30-11-. The summed E-state index contributed by atoms with van der Waals surface area (Å²) >= 11 is 0. The molecule has 0 saturated carbocycles. The zero-order chi connectivity index (χ0) is 24.1. The topological polar surface area (TPSA) is 12.0 Å². The Bertz CT molecular complexity index is 791. The van der Waals surface area contributed by atoms with Crippen LogP contribution in [-0.4, -0.2) is 13.1 Å². The Morgan fingerprint density at radius 2 is 1.75 bits per heavy atom. The van der Waals surface area contributed by atoms with Crippen LogP contribution in [0.1, 0.15) is 95.4 Å². The van der Waals surface area contributed by atoms with Gasteiger partial charge in [-0.2, -0.15) is 0 Å². The van der Waals surface area contributed by atoms with E-state index in [-0.39, 0.29) is 0 Å². The largest absolute Gasteiger partial charge is 0.316 e. The van der Waals surface area contributed by atoms with Crippen LogP contribution in [0.15, 0.2) is 54.7 Å². The lowest BCUT2D eigenvalue weighted by atomic mass is 9.86. The van der Waals surface area contributed by atoms with E-state index in [1.807, 2.05) is 0 Å². The van der Waals surface area contributed by atoms with Crippen LogP contribution in [0.25, 0.3) is 5.57 Å². The fourth-order valence-corrected chi connectivity index (χ4v) is 4.18. The molecular weight excluding hydrogens is 386 g/mol. The van der Waals surface area contributed by atoms with Gasteiger partial charge in [0.2, 0.25) is 0 Å². The van der Waals surface area contributed by atoms with E-state index in [0.717, 1.165) is 49.9 Å². The monoisotopic (exact) mass is 435 g/mol. The highest BCUT2D eigenvalue weighted by Crippen LogP contribution is 2.32. The van der Waals surface area contributed by atoms with Gasteiger partial charge in [0.05, 0.1) is 0 Å². The number of benzene rings is 1. The van der Waals surface area contributed by atoms with Crippen LogP contribution in [0.3, 0.4) is 0 Å². The van der Waals surface area contributed by atoms with Crippen molar-refractivity contribution in [1.29, 1.82) is 0 Å². The molecule has 0 spiro atoms. The second-order valence-electron chi connectivity index (χ2n) is 9.78. The van der Waals surface area contributed by atoms with Gasteiger partial charge >= 0.3 is 0 Å². The van der Waals surface area contributed by atoms with E-state index in [1.165, 1.54) is 59.1 Å². The van der Waals surface area contributed by atoms with Crippen LogP contribution in [0.4, 0.5) is 0 Å². The molecule has 0 aliphatic heterocycles. The van der Waals surface area contributed by atoms with E-state index in [4.69, 9.17) is 0 Å². The Balaban J connectivity index is 2.85. The predicted molar refractivity (Wildman–Crippen MR) is 146 cm³/mol. The molecule has 0 aliphatic rings. The van der Waals surface area contributed by atoms with Crippen molar-refractivity contribution in [3.05, 3.63) is 76.9 Å². The molecule has 0 saturated heterocycles. The molecule has 1 N–H and O–H groups in total. The third-order valence-electron chi connectivity index (χ3n) is 6.32. The summed E-state index contributed by atoms with van der Waals surface area (Å²) in [5, 5.41) is 3.61. The van der Waals surface area contributed by atoms with Gasteiger partial charge in [-0.3, -0.25) is 0 Å². The number of rotatable bonds is 16. The highest BCUT2D eigenvalue weighted by atomic mass is 14.8. The SMILES string of the molecule is C=C(CCCC)CCNCCCc1cc(CCC(C)C)c(C)c(C(=C)/C(=C\C)C(=C)C)c1. The van der Waals surface area contributed by atoms with Gasteiger partial charge in [0.1, 0.15) is 0 Å². The van der Waals surface area contributed by atoms with Gasteiger partial charge in [-0.15, -0.1) is 0 Å². The molecule has 0 amide bonds. The van der Waals surface area contributed by atoms with E-state index >= 15 is 0 Å². The molecule has 0 atom stereocenters. The molecule has 32 heavy (non-hydrogen) atoms. The molecule has 1 nitrogen and oxygen atoms in total. The van der Waals surface area contributed by atoms with Crippen molar-refractivity contribution in [3.63, 3.8) is 0 Å². The van der Waals surface area contributed by atoms with Gasteiger partial charge in [-0.25, -0.2) is 0 Å². The molecule has 0 bridgehead atoms. The average Bonchev–Trinajstić information content (AvgIpc) is 2.74. The van der Waals surface area contributed by atoms with Gasteiger partial charge in [0.25, 0.3) is 0 Å². The quantitative estimate of drug-likeness (QED) is 0.155. The van der Waals surface area contributed by atoms with Crippen molar-refractivity contribution in [3.8, 4) is 0 Å². The Morgan fingerprint density at radius 3 is 2.34 bits per heavy atom. The summed E-state index contributed by atoms with van der Waals surface area (Å²) in [4.78, 5) is 0. The van der Waals surface area contributed by atoms with Crippen molar-refractivity contribution < 1.29 is 0 Å². The van der Waals surface area contributed by atoms with Crippen LogP contribution in [0.5, 0.6) is 0 Å². The van der Waals surface area contributed by atoms with Gasteiger partial charge in [-0.05, 0) is 118 Å². The van der Waals surface area contributed by atoms with Crippen LogP contribution in [0.2, 0.25) is 0 Å². The van der Waals surface area contributed by atoms with E-state index in [0.29, 0.717) is 5.92 Å². The maximum atomic E-state index is 4.46. The van der Waals surface area contributed by atoms with Crippen molar-refractivity contribution in [2.75, 3.05) is 13.1 Å². The Labute approximate surface area is 199 Å². The van der Waals surface area contributed by atoms with Crippen molar-refractivity contribution in [2.45, 2.75) is 92.9 Å². The second kappa shape index (κ2) is 15.1. The number of aryl methyl sites for hydroxylation is 2. The third kappa shape index (κ3) is 9.74. The lowest BCUT2D eigenvalue weighted by molar-refractivity contribution is 0.585. The van der Waals surface area contributed by atoms with E-state index in [1.54, 1.807) is 0 Å². The molecule has 1 aromatic carbocycles. The zero-order valence-corrected chi connectivity index (χ0v) is 22.0. The van der Waals surface area contributed by atoms with Crippen LogP contribution < -0.4 is 5.32 Å². The van der Waals surface area contributed by atoms with Gasteiger partial charge in [0, 0.05) is 0 Å². The van der Waals surface area contributed by atoms with Crippen molar-refractivity contribution in [1.82, 2.24) is 5.32 Å². The molecular formula is C31H49N. The molecule has 1 rings (SSSR count). The van der Waals surface area contributed by atoms with Gasteiger partial charge < -0.3 is 5.32 Å².